The van der Waals surface area contributed by atoms with Gasteiger partial charge in [-0.05, 0) is 57.9 Å². The van der Waals surface area contributed by atoms with Crippen molar-refractivity contribution in [3.63, 3.8) is 0 Å². The van der Waals surface area contributed by atoms with Crippen LogP contribution in [0.2, 0.25) is 0 Å². The van der Waals surface area contributed by atoms with Crippen molar-refractivity contribution in [2.75, 3.05) is 6.54 Å². The molecule has 0 aliphatic carbocycles. The molecule has 0 unspecified atom stereocenters. The summed E-state index contributed by atoms with van der Waals surface area (Å²) in [5, 5.41) is 22.7. The largest absolute Gasteiger partial charge is 0.480 e. The zero-order valence-corrected chi connectivity index (χ0v) is 21.1. The second-order valence-corrected chi connectivity index (χ2v) is 9.83. The molecular weight excluding hydrogens is 442 g/mol. The maximum atomic E-state index is 12.9. The van der Waals surface area contributed by atoms with Crippen molar-refractivity contribution < 1.29 is 29.1 Å². The Balaban J connectivity index is 2.72. The van der Waals surface area contributed by atoms with Gasteiger partial charge in [-0.2, -0.15) is 0 Å². The van der Waals surface area contributed by atoms with Gasteiger partial charge in [0, 0.05) is 0 Å². The molecule has 11 nitrogen and oxygen atoms in total. The lowest BCUT2D eigenvalue weighted by Crippen LogP contribution is -2.57. The van der Waals surface area contributed by atoms with Crippen molar-refractivity contribution in [1.82, 2.24) is 26.6 Å². The molecule has 0 saturated carbocycles. The normalized spacial score (nSPS) is 19.1. The Bertz CT molecular complexity index is 735. The summed E-state index contributed by atoms with van der Waals surface area (Å²) in [6.45, 7) is 11.2. The number of aliphatic carboxylic acids is 1. The molecule has 0 spiro atoms. The standard InChI is InChI=1S/C23H41N5O6/c1-12(2)10-17(27-19(29)14(5)25-21(31)16-8-7-9-24-16)22(32)26-15(6)20(30)28-18(23(33)34)11-13(3)4/h12-18,24H,7-11H2,1-6H3,(H,25,31)(H,26,32)(H,27,29)(H,28,30)(H,33,34)/t14-,15-,16-,17-,18-/m0/s1. The van der Waals surface area contributed by atoms with Crippen LogP contribution in [0.4, 0.5) is 0 Å². The lowest BCUT2D eigenvalue weighted by atomic mass is 10.0. The molecule has 0 radical (unpaired) electrons. The van der Waals surface area contributed by atoms with Gasteiger partial charge in [0.05, 0.1) is 6.04 Å². The lowest BCUT2D eigenvalue weighted by molar-refractivity contribution is -0.142. The molecule has 0 aromatic heterocycles. The van der Waals surface area contributed by atoms with Gasteiger partial charge in [-0.1, -0.05) is 27.7 Å². The van der Waals surface area contributed by atoms with E-state index in [1.807, 2.05) is 27.7 Å². The molecule has 4 amide bonds. The third kappa shape index (κ3) is 10.1. The van der Waals surface area contributed by atoms with Gasteiger partial charge in [-0.15, -0.1) is 0 Å². The Kier molecular flexibility index (Phi) is 12.0. The van der Waals surface area contributed by atoms with E-state index < -0.39 is 47.9 Å². The molecule has 194 valence electrons. The van der Waals surface area contributed by atoms with Crippen LogP contribution in [0.5, 0.6) is 0 Å². The van der Waals surface area contributed by atoms with E-state index in [0.717, 1.165) is 13.0 Å². The molecule has 1 fully saturated rings. The number of carboxylic acids is 1. The van der Waals surface area contributed by atoms with E-state index in [0.29, 0.717) is 12.8 Å². The summed E-state index contributed by atoms with van der Waals surface area (Å²) in [6.07, 6.45) is 2.18. The predicted molar refractivity (Wildman–Crippen MR) is 127 cm³/mol. The Morgan fingerprint density at radius 3 is 1.74 bits per heavy atom. The molecule has 1 heterocycles. The predicted octanol–water partition coefficient (Wildman–Crippen LogP) is -0.106. The maximum absolute atomic E-state index is 12.9. The van der Waals surface area contributed by atoms with Gasteiger partial charge in [0.15, 0.2) is 0 Å². The summed E-state index contributed by atoms with van der Waals surface area (Å²) in [5.74, 6) is -2.97. The minimum Gasteiger partial charge on any atom is -0.480 e. The molecule has 1 aliphatic rings. The number of carbonyl (C=O) groups is 5. The summed E-state index contributed by atoms with van der Waals surface area (Å²) in [4.78, 5) is 61.7. The van der Waals surface area contributed by atoms with Crippen molar-refractivity contribution in [1.29, 1.82) is 0 Å². The second-order valence-electron chi connectivity index (χ2n) is 9.83. The quantitative estimate of drug-likeness (QED) is 0.213. The van der Waals surface area contributed by atoms with Gasteiger partial charge in [-0.25, -0.2) is 4.79 Å². The first kappa shape index (κ1) is 29.3. The maximum Gasteiger partial charge on any atom is 0.326 e. The average Bonchev–Trinajstić information content (AvgIpc) is 3.26. The van der Waals surface area contributed by atoms with Crippen molar-refractivity contribution in [2.45, 2.75) is 97.4 Å². The Labute approximate surface area is 201 Å². The van der Waals surface area contributed by atoms with Crippen LogP contribution in [-0.2, 0) is 24.0 Å². The molecule has 1 aliphatic heterocycles. The third-order valence-corrected chi connectivity index (χ3v) is 5.54. The van der Waals surface area contributed by atoms with E-state index in [-0.39, 0.29) is 30.2 Å². The number of hydrogen-bond donors (Lipinski definition) is 6. The average molecular weight is 484 g/mol. The number of amides is 4. The van der Waals surface area contributed by atoms with Crippen LogP contribution in [0.25, 0.3) is 0 Å². The van der Waals surface area contributed by atoms with Gasteiger partial charge < -0.3 is 31.7 Å². The highest BCUT2D eigenvalue weighted by molar-refractivity contribution is 5.95. The van der Waals surface area contributed by atoms with Crippen LogP contribution in [0.3, 0.4) is 0 Å². The number of hydrogen-bond acceptors (Lipinski definition) is 6. The molecular formula is C23H41N5O6. The van der Waals surface area contributed by atoms with Gasteiger partial charge in [0.25, 0.3) is 0 Å². The summed E-state index contributed by atoms with van der Waals surface area (Å²) in [6, 6.07) is -4.15. The topological polar surface area (TPSA) is 166 Å². The van der Waals surface area contributed by atoms with E-state index in [2.05, 4.69) is 26.6 Å². The monoisotopic (exact) mass is 483 g/mol. The Morgan fingerprint density at radius 2 is 1.26 bits per heavy atom. The fourth-order valence-electron chi connectivity index (χ4n) is 3.66. The van der Waals surface area contributed by atoms with Crippen molar-refractivity contribution in [3.05, 3.63) is 0 Å². The van der Waals surface area contributed by atoms with Gasteiger partial charge in [0.1, 0.15) is 24.2 Å². The van der Waals surface area contributed by atoms with E-state index in [1.54, 1.807) is 6.92 Å². The van der Waals surface area contributed by atoms with Crippen molar-refractivity contribution in [2.24, 2.45) is 11.8 Å². The SMILES string of the molecule is CC(C)C[C@H](NC(=O)[C@H](C)NC(=O)[C@H](CC(C)C)NC(=O)[C@H](C)NC(=O)[C@@H]1CCCN1)C(=O)O. The third-order valence-electron chi connectivity index (χ3n) is 5.54. The summed E-state index contributed by atoms with van der Waals surface area (Å²) in [5.41, 5.74) is 0. The van der Waals surface area contributed by atoms with Crippen molar-refractivity contribution >= 4 is 29.6 Å². The van der Waals surface area contributed by atoms with Crippen LogP contribution >= 0.6 is 0 Å². The number of carboxylic acid groups (broad SMARTS) is 1. The molecule has 1 rings (SSSR count). The van der Waals surface area contributed by atoms with Crippen LogP contribution in [0.15, 0.2) is 0 Å². The molecule has 0 aromatic carbocycles. The first-order chi connectivity index (χ1) is 15.8. The van der Waals surface area contributed by atoms with E-state index in [9.17, 15) is 29.1 Å². The van der Waals surface area contributed by atoms with E-state index >= 15 is 0 Å². The molecule has 6 N–H and O–H groups in total. The summed E-state index contributed by atoms with van der Waals surface area (Å²) in [7, 11) is 0. The highest BCUT2D eigenvalue weighted by atomic mass is 16.4. The van der Waals surface area contributed by atoms with E-state index in [1.165, 1.54) is 6.92 Å². The highest BCUT2D eigenvalue weighted by Gasteiger charge is 2.30. The van der Waals surface area contributed by atoms with Crippen LogP contribution < -0.4 is 26.6 Å². The molecule has 0 aromatic rings. The molecule has 11 heteroatoms. The van der Waals surface area contributed by atoms with Crippen LogP contribution in [-0.4, -0.2) is 71.5 Å². The zero-order valence-electron chi connectivity index (χ0n) is 21.1. The molecule has 0 bridgehead atoms. The first-order valence-electron chi connectivity index (χ1n) is 12.0. The van der Waals surface area contributed by atoms with Crippen molar-refractivity contribution in [3.8, 4) is 0 Å². The van der Waals surface area contributed by atoms with Gasteiger partial charge >= 0.3 is 5.97 Å². The molecule has 34 heavy (non-hydrogen) atoms. The number of carbonyl (C=O) groups excluding carboxylic acids is 4. The Hall–Kier alpha value is -2.69. The molecule has 1 saturated heterocycles. The zero-order chi connectivity index (χ0) is 26.0. The van der Waals surface area contributed by atoms with Crippen LogP contribution in [0, 0.1) is 11.8 Å². The smallest absolute Gasteiger partial charge is 0.326 e. The fraction of sp³-hybridized carbons (Fsp3) is 0.783. The minimum atomic E-state index is -1.14. The fourth-order valence-corrected chi connectivity index (χ4v) is 3.66. The Morgan fingerprint density at radius 1 is 0.765 bits per heavy atom. The number of rotatable bonds is 13. The van der Waals surface area contributed by atoms with Crippen LogP contribution in [0.1, 0.15) is 67.2 Å². The number of nitrogens with one attached hydrogen (secondary N) is 5. The molecule has 5 atom stereocenters. The highest BCUT2D eigenvalue weighted by Crippen LogP contribution is 2.08. The summed E-state index contributed by atoms with van der Waals surface area (Å²) >= 11 is 0. The second kappa shape index (κ2) is 13.9. The van der Waals surface area contributed by atoms with Gasteiger partial charge in [0.2, 0.25) is 23.6 Å². The first-order valence-corrected chi connectivity index (χ1v) is 12.0. The summed E-state index contributed by atoms with van der Waals surface area (Å²) < 4.78 is 0. The van der Waals surface area contributed by atoms with Gasteiger partial charge in [-0.3, -0.25) is 19.2 Å². The minimum absolute atomic E-state index is 0.0591. The lowest BCUT2D eigenvalue weighted by Gasteiger charge is -2.25. The van der Waals surface area contributed by atoms with E-state index in [4.69, 9.17) is 0 Å².